The second kappa shape index (κ2) is 5.60. The van der Waals surface area contributed by atoms with Gasteiger partial charge in [-0.1, -0.05) is 0 Å². The maximum Gasteiger partial charge on any atom is 0.407 e. The number of carbonyl (C=O) groups is 2. The Bertz CT molecular complexity index is 505. The van der Waals surface area contributed by atoms with E-state index >= 15 is 0 Å². The third-order valence-corrected chi connectivity index (χ3v) is 2.92. The Kier molecular flexibility index (Phi) is 4.56. The number of aryl methyl sites for hydroxylation is 1. The first kappa shape index (κ1) is 15.5. The van der Waals surface area contributed by atoms with Gasteiger partial charge in [0.1, 0.15) is 11.3 Å². The van der Waals surface area contributed by atoms with Crippen molar-refractivity contribution in [3.63, 3.8) is 0 Å². The summed E-state index contributed by atoms with van der Waals surface area (Å²) in [7, 11) is 1.60. The zero-order chi connectivity index (χ0) is 14.8. The summed E-state index contributed by atoms with van der Waals surface area (Å²) in [5.41, 5.74) is 5.41. The van der Waals surface area contributed by atoms with E-state index in [-0.39, 0.29) is 12.2 Å². The first-order valence-corrected chi connectivity index (χ1v) is 6.39. The Balaban J connectivity index is 2.72. The molecule has 0 unspecified atom stereocenters. The molecule has 1 heterocycles. The van der Waals surface area contributed by atoms with Crippen molar-refractivity contribution in [2.24, 2.45) is 12.8 Å². The minimum Gasteiger partial charge on any atom is -0.444 e. The zero-order valence-corrected chi connectivity index (χ0v) is 12.9. The maximum absolute atomic E-state index is 11.5. The van der Waals surface area contributed by atoms with E-state index in [1.165, 1.54) is 4.68 Å². The Morgan fingerprint density at radius 2 is 2.05 bits per heavy atom. The van der Waals surface area contributed by atoms with Crippen LogP contribution < -0.4 is 11.1 Å². The minimum absolute atomic E-state index is 0.136. The van der Waals surface area contributed by atoms with Gasteiger partial charge in [-0.25, -0.2) is 4.79 Å². The number of nitrogens with zero attached hydrogens (tertiary/aromatic N) is 2. The molecule has 0 aliphatic carbocycles. The number of alkyl carbamates (subject to hydrolysis) is 1. The molecule has 3 N–H and O–H groups in total. The number of carbonyl (C=O) groups excluding carboxylic acids is 2. The number of primary amides is 1. The summed E-state index contributed by atoms with van der Waals surface area (Å²) < 4.78 is 6.92. The number of ether oxygens (including phenoxy) is 1. The fourth-order valence-electron chi connectivity index (χ4n) is 1.40. The van der Waals surface area contributed by atoms with Crippen molar-refractivity contribution in [1.82, 2.24) is 15.1 Å². The molecule has 0 spiro atoms. The molecule has 0 fully saturated rings. The molecule has 2 amide bonds. The molecule has 1 aromatic heterocycles. The second-order valence-corrected chi connectivity index (χ2v) is 5.75. The van der Waals surface area contributed by atoms with E-state index in [1.807, 2.05) is 0 Å². The van der Waals surface area contributed by atoms with Gasteiger partial charge < -0.3 is 15.8 Å². The van der Waals surface area contributed by atoms with Gasteiger partial charge in [-0.15, -0.1) is 0 Å². The van der Waals surface area contributed by atoms with E-state index in [0.29, 0.717) is 10.2 Å². The molecule has 0 aliphatic rings. The number of nitrogens with one attached hydrogen (secondary N) is 1. The summed E-state index contributed by atoms with van der Waals surface area (Å²) in [5, 5.41) is 6.66. The average Bonchev–Trinajstić information content (AvgIpc) is 2.48. The monoisotopic (exact) mass is 332 g/mol. The lowest BCUT2D eigenvalue weighted by Crippen LogP contribution is -2.32. The Hall–Kier alpha value is -1.57. The highest BCUT2D eigenvalue weighted by Crippen LogP contribution is 2.20. The van der Waals surface area contributed by atoms with Gasteiger partial charge in [-0.3, -0.25) is 9.48 Å². The largest absolute Gasteiger partial charge is 0.444 e. The lowest BCUT2D eigenvalue weighted by Gasteiger charge is -2.19. The van der Waals surface area contributed by atoms with Crippen LogP contribution in [0.1, 0.15) is 37.0 Å². The highest BCUT2D eigenvalue weighted by atomic mass is 79.9. The van der Waals surface area contributed by atoms with Gasteiger partial charge in [0.2, 0.25) is 0 Å². The Morgan fingerprint density at radius 1 is 1.47 bits per heavy atom. The average molecular weight is 333 g/mol. The summed E-state index contributed by atoms with van der Waals surface area (Å²) in [4.78, 5) is 22.7. The lowest BCUT2D eigenvalue weighted by molar-refractivity contribution is 0.0522. The van der Waals surface area contributed by atoms with E-state index in [4.69, 9.17) is 10.5 Å². The van der Waals surface area contributed by atoms with Crippen molar-refractivity contribution in [3.8, 4) is 0 Å². The molecule has 8 heteroatoms. The molecule has 1 aromatic rings. The van der Waals surface area contributed by atoms with Crippen molar-refractivity contribution in [2.45, 2.75) is 32.9 Å². The number of halogens is 1. The van der Waals surface area contributed by atoms with Gasteiger partial charge in [0.15, 0.2) is 0 Å². The van der Waals surface area contributed by atoms with Gasteiger partial charge >= 0.3 is 6.09 Å². The van der Waals surface area contributed by atoms with E-state index in [0.717, 1.165) is 0 Å². The Labute approximate surface area is 119 Å². The van der Waals surface area contributed by atoms with Crippen molar-refractivity contribution in [3.05, 3.63) is 15.9 Å². The molecule has 106 valence electrons. The fourth-order valence-corrected chi connectivity index (χ4v) is 2.08. The summed E-state index contributed by atoms with van der Waals surface area (Å²) in [5.74, 6) is -0.592. The van der Waals surface area contributed by atoms with Crippen LogP contribution in [0.15, 0.2) is 4.47 Å². The predicted molar refractivity (Wildman–Crippen MR) is 72.5 cm³/mol. The molecule has 0 aromatic carbocycles. The molecule has 1 rings (SSSR count). The minimum atomic E-state index is -0.592. The predicted octanol–water partition coefficient (Wildman–Crippen LogP) is 1.31. The summed E-state index contributed by atoms with van der Waals surface area (Å²) >= 11 is 3.24. The molecule has 0 bridgehead atoms. The van der Waals surface area contributed by atoms with E-state index < -0.39 is 17.6 Å². The smallest absolute Gasteiger partial charge is 0.407 e. The number of hydrogen-bond donors (Lipinski definition) is 2. The normalized spacial score (nSPS) is 11.2. The van der Waals surface area contributed by atoms with Crippen LogP contribution in [0.2, 0.25) is 0 Å². The van der Waals surface area contributed by atoms with Crippen LogP contribution >= 0.6 is 15.9 Å². The van der Waals surface area contributed by atoms with Crippen LogP contribution in [0, 0.1) is 0 Å². The van der Waals surface area contributed by atoms with E-state index in [2.05, 4.69) is 26.3 Å². The van der Waals surface area contributed by atoms with E-state index in [1.54, 1.807) is 27.8 Å². The number of nitrogens with two attached hydrogens (primary N) is 1. The SMILES string of the molecule is Cn1nc(CNC(=O)OC(C)(C)C)c(Br)c1C(N)=O. The van der Waals surface area contributed by atoms with Gasteiger partial charge in [0, 0.05) is 7.05 Å². The number of rotatable bonds is 3. The quantitative estimate of drug-likeness (QED) is 0.871. The lowest BCUT2D eigenvalue weighted by atomic mass is 10.2. The van der Waals surface area contributed by atoms with Crippen LogP contribution in [0.5, 0.6) is 0 Å². The molecule has 19 heavy (non-hydrogen) atoms. The van der Waals surface area contributed by atoms with Crippen LogP contribution in [0.25, 0.3) is 0 Å². The van der Waals surface area contributed by atoms with Crippen molar-refractivity contribution in [2.75, 3.05) is 0 Å². The van der Waals surface area contributed by atoms with Crippen LogP contribution in [-0.2, 0) is 18.3 Å². The van der Waals surface area contributed by atoms with Crippen LogP contribution in [0.3, 0.4) is 0 Å². The first-order chi connectivity index (χ1) is 8.61. The molecule has 0 saturated carbocycles. The molecule has 0 saturated heterocycles. The fraction of sp³-hybridized carbons (Fsp3) is 0.545. The van der Waals surface area contributed by atoms with E-state index in [9.17, 15) is 9.59 Å². The molecular weight excluding hydrogens is 316 g/mol. The molecular formula is C11H17BrN4O3. The Morgan fingerprint density at radius 3 is 2.47 bits per heavy atom. The second-order valence-electron chi connectivity index (χ2n) is 4.95. The molecule has 0 atom stereocenters. The van der Waals surface area contributed by atoms with Crippen LogP contribution in [0.4, 0.5) is 4.79 Å². The van der Waals surface area contributed by atoms with Gasteiger partial charge in [0.25, 0.3) is 5.91 Å². The highest BCUT2D eigenvalue weighted by molar-refractivity contribution is 9.10. The van der Waals surface area contributed by atoms with Gasteiger partial charge in [-0.2, -0.15) is 5.10 Å². The number of hydrogen-bond acceptors (Lipinski definition) is 4. The standard InChI is InChI=1S/C11H17BrN4O3/c1-11(2,3)19-10(18)14-5-6-7(12)8(9(13)17)16(4)15-6/h5H2,1-4H3,(H2,13,17)(H,14,18). The van der Waals surface area contributed by atoms with Gasteiger partial charge in [0.05, 0.1) is 16.7 Å². The highest BCUT2D eigenvalue weighted by Gasteiger charge is 2.20. The maximum atomic E-state index is 11.5. The zero-order valence-electron chi connectivity index (χ0n) is 11.3. The molecule has 0 aliphatic heterocycles. The summed E-state index contributed by atoms with van der Waals surface area (Å²) in [6.45, 7) is 5.45. The van der Waals surface area contributed by atoms with Crippen molar-refractivity contribution >= 4 is 27.9 Å². The molecule has 7 nitrogen and oxygen atoms in total. The summed E-state index contributed by atoms with van der Waals surface area (Å²) in [6, 6.07) is 0. The molecule has 0 radical (unpaired) electrons. The number of aromatic nitrogens is 2. The van der Waals surface area contributed by atoms with Crippen molar-refractivity contribution < 1.29 is 14.3 Å². The van der Waals surface area contributed by atoms with Crippen LogP contribution in [-0.4, -0.2) is 27.4 Å². The topological polar surface area (TPSA) is 99.2 Å². The van der Waals surface area contributed by atoms with Crippen molar-refractivity contribution in [1.29, 1.82) is 0 Å². The third-order valence-electron chi connectivity index (χ3n) is 2.09. The first-order valence-electron chi connectivity index (χ1n) is 5.60. The number of amides is 2. The third kappa shape index (κ3) is 4.23. The summed E-state index contributed by atoms with van der Waals surface area (Å²) in [6.07, 6.45) is -0.550. The van der Waals surface area contributed by atoms with Gasteiger partial charge in [-0.05, 0) is 36.7 Å².